The Morgan fingerprint density at radius 2 is 1.62 bits per heavy atom. The molecule has 0 saturated carbocycles. The number of H-pyrrole nitrogens is 1. The van der Waals surface area contributed by atoms with E-state index in [9.17, 15) is 15.4 Å². The number of aromatic nitrogens is 2. The molecule has 0 radical (unpaired) electrons. The molecule has 0 bridgehead atoms. The van der Waals surface area contributed by atoms with E-state index in [0.29, 0.717) is 17.1 Å². The number of phenols is 2. The lowest BCUT2D eigenvalue weighted by Crippen LogP contribution is -2.33. The second-order valence-electron chi connectivity index (χ2n) is 4.82. The largest absolute Gasteiger partial charge is 0.504 e. The summed E-state index contributed by atoms with van der Waals surface area (Å²) in [5.41, 5.74) is 2.97. The van der Waals surface area contributed by atoms with Crippen molar-refractivity contribution in [3.05, 3.63) is 54.2 Å². The molecule has 3 aromatic rings. The van der Waals surface area contributed by atoms with E-state index in [-0.39, 0.29) is 11.5 Å². The summed E-state index contributed by atoms with van der Waals surface area (Å²) in [6.45, 7) is 1.79. The van der Waals surface area contributed by atoms with Gasteiger partial charge >= 0.3 is 5.82 Å². The maximum absolute atomic E-state index is 10.2. The van der Waals surface area contributed by atoms with Crippen molar-refractivity contribution in [1.82, 2.24) is 4.98 Å². The minimum absolute atomic E-state index is 0.199. The maximum atomic E-state index is 10.2. The van der Waals surface area contributed by atoms with E-state index in [1.807, 2.05) is 30.3 Å². The Bertz CT molecular complexity index is 795. The minimum Gasteiger partial charge on any atom is -0.504 e. The molecule has 1 heterocycles. The first kappa shape index (κ1) is 13.1. The molecule has 0 amide bonds. The van der Waals surface area contributed by atoms with Gasteiger partial charge < -0.3 is 15.4 Å². The second kappa shape index (κ2) is 4.86. The van der Waals surface area contributed by atoms with Gasteiger partial charge in [-0.3, -0.25) is 0 Å². The van der Waals surface area contributed by atoms with Crippen molar-refractivity contribution in [2.45, 2.75) is 6.92 Å². The highest BCUT2D eigenvalue weighted by Gasteiger charge is 2.24. The lowest BCUT2D eigenvalue weighted by molar-refractivity contribution is -0.899. The topological polar surface area (TPSA) is 80.4 Å². The lowest BCUT2D eigenvalue weighted by atomic mass is 10.1. The Kier molecular flexibility index (Phi) is 3.02. The molecule has 2 aromatic carbocycles. The Labute approximate surface area is 121 Å². The monoisotopic (exact) mass is 283 g/mol. The van der Waals surface area contributed by atoms with Crippen molar-refractivity contribution in [1.29, 1.82) is 0 Å². The number of nitrogens with zero attached hydrogens (tertiary/aromatic N) is 1. The molecule has 4 N–H and O–H groups in total. The molecule has 0 spiro atoms. The molecule has 0 unspecified atom stereocenters. The first-order chi connectivity index (χ1) is 10.1. The van der Waals surface area contributed by atoms with Gasteiger partial charge in [-0.2, -0.15) is 0 Å². The van der Waals surface area contributed by atoms with Crippen molar-refractivity contribution in [3.8, 4) is 34.1 Å². The average molecular weight is 283 g/mol. The van der Waals surface area contributed by atoms with Gasteiger partial charge in [0.15, 0.2) is 22.9 Å². The Hall–Kier alpha value is -2.95. The summed E-state index contributed by atoms with van der Waals surface area (Å²) in [5.74, 6) is -0.00234. The van der Waals surface area contributed by atoms with Crippen molar-refractivity contribution in [2.75, 3.05) is 0 Å². The number of phenolic OH excluding ortho intramolecular Hbond substituents is 2. The van der Waals surface area contributed by atoms with Crippen LogP contribution in [-0.2, 0) is 0 Å². The Morgan fingerprint density at radius 3 is 2.29 bits per heavy atom. The van der Waals surface area contributed by atoms with Crippen LogP contribution in [0.5, 0.6) is 11.5 Å². The summed E-state index contributed by atoms with van der Waals surface area (Å²) in [7, 11) is 0. The molecule has 0 saturated heterocycles. The predicted octanol–water partition coefficient (Wildman–Crippen LogP) is 2.59. The third-order valence-electron chi connectivity index (χ3n) is 3.45. The Morgan fingerprint density at radius 1 is 0.905 bits per heavy atom. The van der Waals surface area contributed by atoms with Crippen LogP contribution in [-0.4, -0.2) is 20.4 Å². The van der Waals surface area contributed by atoms with Gasteiger partial charge in [0.1, 0.15) is 0 Å². The molecule has 106 valence electrons. The van der Waals surface area contributed by atoms with Crippen LogP contribution in [0.1, 0.15) is 5.69 Å². The molecule has 0 aliphatic rings. The number of nitrogens with one attached hydrogen (secondary N) is 1. The smallest absolute Gasteiger partial charge is 0.326 e. The van der Waals surface area contributed by atoms with Crippen LogP contribution in [0.15, 0.2) is 48.5 Å². The van der Waals surface area contributed by atoms with Gasteiger partial charge in [0.05, 0.1) is 5.56 Å². The van der Waals surface area contributed by atoms with Gasteiger partial charge in [0, 0.05) is 12.5 Å². The van der Waals surface area contributed by atoms with Crippen LogP contribution in [0.25, 0.3) is 22.6 Å². The van der Waals surface area contributed by atoms with E-state index in [1.54, 1.807) is 13.0 Å². The Balaban J connectivity index is 2.15. The lowest BCUT2D eigenvalue weighted by Gasteiger charge is -1.98. The molecule has 21 heavy (non-hydrogen) atoms. The fraction of sp³-hybridized carbons (Fsp3) is 0.0625. The molecular formula is C16H15N2O3+. The number of aromatic amines is 1. The van der Waals surface area contributed by atoms with Crippen molar-refractivity contribution in [2.24, 2.45) is 0 Å². The molecular weight excluding hydrogens is 268 g/mol. The quantitative estimate of drug-likeness (QED) is 0.331. The molecule has 0 fully saturated rings. The maximum Gasteiger partial charge on any atom is 0.326 e. The van der Waals surface area contributed by atoms with Crippen molar-refractivity contribution in [3.63, 3.8) is 0 Å². The highest BCUT2D eigenvalue weighted by atomic mass is 16.5. The zero-order chi connectivity index (χ0) is 15.0. The van der Waals surface area contributed by atoms with E-state index < -0.39 is 0 Å². The summed E-state index contributed by atoms with van der Waals surface area (Å²) < 4.78 is 1.04. The molecule has 5 heteroatoms. The molecule has 0 atom stereocenters. The number of aromatic hydroxyl groups is 2. The highest BCUT2D eigenvalue weighted by Crippen LogP contribution is 2.30. The summed E-state index contributed by atoms with van der Waals surface area (Å²) in [5, 5.41) is 29.2. The molecule has 0 aliphatic carbocycles. The second-order valence-corrected chi connectivity index (χ2v) is 4.82. The van der Waals surface area contributed by atoms with Gasteiger partial charge in [-0.1, -0.05) is 30.3 Å². The molecule has 5 nitrogen and oxygen atoms in total. The van der Waals surface area contributed by atoms with Gasteiger partial charge in [0.2, 0.25) is 0 Å². The third kappa shape index (κ3) is 2.18. The zero-order valence-electron chi connectivity index (χ0n) is 11.4. The molecule has 1 aromatic heterocycles. The fourth-order valence-electron chi connectivity index (χ4n) is 2.29. The summed E-state index contributed by atoms with van der Waals surface area (Å²) in [6, 6.07) is 14.0. The van der Waals surface area contributed by atoms with Crippen LogP contribution < -0.4 is 4.73 Å². The molecule has 3 rings (SSSR count). The number of hydrogen-bond donors (Lipinski definition) is 4. The first-order valence-electron chi connectivity index (χ1n) is 6.49. The number of imidazole rings is 1. The van der Waals surface area contributed by atoms with Crippen LogP contribution in [0.3, 0.4) is 0 Å². The van der Waals surface area contributed by atoms with Crippen LogP contribution in [0, 0.1) is 6.92 Å². The third-order valence-corrected chi connectivity index (χ3v) is 3.45. The number of benzene rings is 2. The van der Waals surface area contributed by atoms with Gasteiger partial charge in [-0.05, 0) is 22.9 Å². The van der Waals surface area contributed by atoms with E-state index in [1.165, 1.54) is 12.1 Å². The van der Waals surface area contributed by atoms with Gasteiger partial charge in [-0.15, -0.1) is 0 Å². The standard InChI is InChI=1S/C16H14N2O3/c1-10-15(11-5-3-2-4-6-11)17-16(18(10)21)12-7-8-13(19)14(20)9-12/h2-9,21H,1H3,(H2,17,19,20)/p+1. The van der Waals surface area contributed by atoms with Gasteiger partial charge in [0.25, 0.3) is 0 Å². The summed E-state index contributed by atoms with van der Waals surface area (Å²) >= 11 is 0. The fourth-order valence-corrected chi connectivity index (χ4v) is 2.29. The van der Waals surface area contributed by atoms with Crippen molar-refractivity contribution >= 4 is 0 Å². The van der Waals surface area contributed by atoms with E-state index in [2.05, 4.69) is 4.98 Å². The van der Waals surface area contributed by atoms with Crippen LogP contribution in [0.2, 0.25) is 0 Å². The van der Waals surface area contributed by atoms with E-state index in [4.69, 9.17) is 0 Å². The normalized spacial score (nSPS) is 10.7. The SMILES string of the molecule is Cc1c(-c2ccccc2)[nH]c(-c2ccc(O)c(O)c2)[n+]1O. The van der Waals surface area contributed by atoms with Crippen molar-refractivity contribution < 1.29 is 20.2 Å². The summed E-state index contributed by atoms with van der Waals surface area (Å²) in [6.07, 6.45) is 0. The summed E-state index contributed by atoms with van der Waals surface area (Å²) in [4.78, 5) is 3.15. The molecule has 0 aliphatic heterocycles. The van der Waals surface area contributed by atoms with Crippen LogP contribution in [0.4, 0.5) is 0 Å². The highest BCUT2D eigenvalue weighted by molar-refractivity contribution is 5.65. The van der Waals surface area contributed by atoms with Gasteiger partial charge in [-0.25, -0.2) is 4.98 Å². The zero-order valence-corrected chi connectivity index (χ0v) is 11.4. The first-order valence-corrected chi connectivity index (χ1v) is 6.49. The predicted molar refractivity (Wildman–Crippen MR) is 77.1 cm³/mol. The number of rotatable bonds is 2. The van der Waals surface area contributed by atoms with E-state index >= 15 is 0 Å². The number of hydrogen-bond acceptors (Lipinski definition) is 3. The van der Waals surface area contributed by atoms with E-state index in [0.717, 1.165) is 16.0 Å². The average Bonchev–Trinajstić information content (AvgIpc) is 2.79. The van der Waals surface area contributed by atoms with Crippen LogP contribution >= 0.6 is 0 Å². The minimum atomic E-state index is -0.235.